The van der Waals surface area contributed by atoms with Crippen LogP contribution in [0.3, 0.4) is 0 Å². The summed E-state index contributed by atoms with van der Waals surface area (Å²) >= 11 is 0. The van der Waals surface area contributed by atoms with Crippen molar-refractivity contribution < 1.29 is 13.2 Å². The molecule has 3 rings (SSSR count). The Hall–Kier alpha value is -2.63. The van der Waals surface area contributed by atoms with Gasteiger partial charge in [-0.3, -0.25) is 4.79 Å². The van der Waals surface area contributed by atoms with E-state index in [1.54, 1.807) is 0 Å². The van der Waals surface area contributed by atoms with Crippen molar-refractivity contribution in [2.75, 3.05) is 10.6 Å². The quantitative estimate of drug-likeness (QED) is 0.570. The Balaban J connectivity index is 2.25. The van der Waals surface area contributed by atoms with Gasteiger partial charge in [0.2, 0.25) is 5.43 Å². The van der Waals surface area contributed by atoms with Crippen LogP contribution < -0.4 is 16.1 Å². The van der Waals surface area contributed by atoms with Gasteiger partial charge < -0.3 is 15.1 Å². The number of benzene rings is 2. The number of anilines is 2. The number of rotatable bonds is 2. The standard InChI is InChI=1S/C21H24F2N2O2/c1-20(2,3)24-15-9-17-11(7-13(15)22)19(26)12-8-14(23)16(10-18(12)27-17)25-21(4,5)6/h7-10,24-25H,1-6H3. The Bertz CT molecular complexity index is 1010. The number of halogens is 2. The van der Waals surface area contributed by atoms with E-state index < -0.39 is 17.1 Å². The summed E-state index contributed by atoms with van der Waals surface area (Å²) in [5.74, 6) is -1.12. The van der Waals surface area contributed by atoms with Crippen molar-refractivity contribution in [3.05, 3.63) is 46.1 Å². The van der Waals surface area contributed by atoms with E-state index in [1.165, 1.54) is 12.1 Å². The van der Waals surface area contributed by atoms with Crippen LogP contribution in [0.5, 0.6) is 0 Å². The molecule has 0 saturated heterocycles. The molecule has 27 heavy (non-hydrogen) atoms. The Morgan fingerprint density at radius 1 is 0.741 bits per heavy atom. The number of fused-ring (bicyclic) bond motifs is 2. The van der Waals surface area contributed by atoms with E-state index >= 15 is 0 Å². The summed E-state index contributed by atoms with van der Waals surface area (Å²) in [5, 5.41) is 6.26. The van der Waals surface area contributed by atoms with E-state index in [4.69, 9.17) is 4.42 Å². The molecule has 1 heterocycles. The molecule has 0 spiro atoms. The highest BCUT2D eigenvalue weighted by Crippen LogP contribution is 2.29. The SMILES string of the molecule is CC(C)(C)Nc1cc2oc3cc(NC(C)(C)C)c(F)cc3c(=O)c2cc1F. The maximum absolute atomic E-state index is 14.4. The highest BCUT2D eigenvalue weighted by atomic mass is 19.1. The summed E-state index contributed by atoms with van der Waals surface area (Å²) in [6.45, 7) is 11.4. The molecule has 144 valence electrons. The lowest BCUT2D eigenvalue weighted by molar-refractivity contribution is 0.593. The van der Waals surface area contributed by atoms with Gasteiger partial charge in [0.25, 0.3) is 0 Å². The van der Waals surface area contributed by atoms with Crippen LogP contribution in [0, 0.1) is 11.6 Å². The molecule has 2 N–H and O–H groups in total. The second-order valence-electron chi connectivity index (χ2n) is 8.84. The first kappa shape index (κ1) is 19.1. The van der Waals surface area contributed by atoms with Gasteiger partial charge in [-0.05, 0) is 53.7 Å². The molecule has 0 aliphatic heterocycles. The van der Waals surface area contributed by atoms with Crippen LogP contribution in [-0.4, -0.2) is 11.1 Å². The van der Waals surface area contributed by atoms with Gasteiger partial charge in [-0.15, -0.1) is 0 Å². The maximum Gasteiger partial charge on any atom is 0.200 e. The van der Waals surface area contributed by atoms with Crippen molar-refractivity contribution >= 4 is 33.3 Å². The molecular formula is C21H24F2N2O2. The minimum absolute atomic E-state index is 0.0791. The first-order chi connectivity index (χ1) is 12.3. The molecule has 6 heteroatoms. The summed E-state index contributed by atoms with van der Waals surface area (Å²) < 4.78 is 34.7. The Labute approximate surface area is 156 Å². The molecule has 0 fully saturated rings. The minimum atomic E-state index is -0.560. The maximum atomic E-state index is 14.4. The second kappa shape index (κ2) is 6.22. The summed E-state index contributed by atoms with van der Waals surface area (Å²) in [6.07, 6.45) is 0. The number of hydrogen-bond acceptors (Lipinski definition) is 4. The fourth-order valence-corrected chi connectivity index (χ4v) is 2.89. The summed E-state index contributed by atoms with van der Waals surface area (Å²) in [7, 11) is 0. The summed E-state index contributed by atoms with van der Waals surface area (Å²) in [6, 6.07) is 5.20. The zero-order valence-electron chi connectivity index (χ0n) is 16.4. The number of nitrogens with one attached hydrogen (secondary N) is 2. The van der Waals surface area contributed by atoms with Crippen molar-refractivity contribution in [2.24, 2.45) is 0 Å². The van der Waals surface area contributed by atoms with E-state index in [0.717, 1.165) is 12.1 Å². The van der Waals surface area contributed by atoms with Gasteiger partial charge in [-0.2, -0.15) is 0 Å². The number of hydrogen-bond donors (Lipinski definition) is 2. The van der Waals surface area contributed by atoms with Crippen LogP contribution in [0.2, 0.25) is 0 Å². The lowest BCUT2D eigenvalue weighted by Crippen LogP contribution is -2.27. The van der Waals surface area contributed by atoms with Crippen molar-refractivity contribution in [3.8, 4) is 0 Å². The summed E-state index contributed by atoms with van der Waals surface area (Å²) in [5.41, 5.74) is -0.214. The van der Waals surface area contributed by atoms with Crippen LogP contribution in [0.15, 0.2) is 33.5 Å². The summed E-state index contributed by atoms with van der Waals surface area (Å²) in [4.78, 5) is 12.8. The Morgan fingerprint density at radius 3 is 1.44 bits per heavy atom. The molecular weight excluding hydrogens is 350 g/mol. The minimum Gasteiger partial charge on any atom is -0.456 e. The van der Waals surface area contributed by atoms with Gasteiger partial charge in [-0.1, -0.05) is 0 Å². The van der Waals surface area contributed by atoms with Gasteiger partial charge in [0.1, 0.15) is 22.8 Å². The molecule has 1 aromatic heterocycles. The lowest BCUT2D eigenvalue weighted by atomic mass is 10.1. The van der Waals surface area contributed by atoms with E-state index in [2.05, 4.69) is 10.6 Å². The van der Waals surface area contributed by atoms with Crippen LogP contribution in [0.1, 0.15) is 41.5 Å². The highest BCUT2D eigenvalue weighted by molar-refractivity contribution is 5.92. The average Bonchev–Trinajstić information content (AvgIpc) is 2.48. The van der Waals surface area contributed by atoms with Crippen molar-refractivity contribution in [1.82, 2.24) is 0 Å². The lowest BCUT2D eigenvalue weighted by Gasteiger charge is -2.23. The molecule has 0 radical (unpaired) electrons. The van der Waals surface area contributed by atoms with Crippen LogP contribution >= 0.6 is 0 Å². The first-order valence-corrected chi connectivity index (χ1v) is 8.80. The van der Waals surface area contributed by atoms with Crippen molar-refractivity contribution in [1.29, 1.82) is 0 Å². The van der Waals surface area contributed by atoms with Crippen molar-refractivity contribution in [3.63, 3.8) is 0 Å². The zero-order valence-corrected chi connectivity index (χ0v) is 16.4. The van der Waals surface area contributed by atoms with Gasteiger partial charge in [0.15, 0.2) is 0 Å². The fraction of sp³-hybridized carbons (Fsp3) is 0.381. The first-order valence-electron chi connectivity index (χ1n) is 8.80. The van der Waals surface area contributed by atoms with E-state index in [1.807, 2.05) is 41.5 Å². The molecule has 0 atom stereocenters. The van der Waals surface area contributed by atoms with E-state index in [9.17, 15) is 13.6 Å². The van der Waals surface area contributed by atoms with Crippen molar-refractivity contribution in [2.45, 2.75) is 52.6 Å². The molecule has 4 nitrogen and oxygen atoms in total. The highest BCUT2D eigenvalue weighted by Gasteiger charge is 2.19. The topological polar surface area (TPSA) is 54.3 Å². The Kier molecular flexibility index (Phi) is 4.41. The molecule has 2 aromatic carbocycles. The molecule has 0 aliphatic rings. The smallest absolute Gasteiger partial charge is 0.200 e. The van der Waals surface area contributed by atoms with E-state index in [-0.39, 0.29) is 44.4 Å². The fourth-order valence-electron chi connectivity index (χ4n) is 2.89. The van der Waals surface area contributed by atoms with Crippen LogP contribution in [0.25, 0.3) is 21.9 Å². The molecule has 0 aliphatic carbocycles. The third kappa shape index (κ3) is 4.04. The van der Waals surface area contributed by atoms with Gasteiger partial charge in [-0.25, -0.2) is 8.78 Å². The Morgan fingerprint density at radius 2 is 1.11 bits per heavy atom. The third-order valence-electron chi connectivity index (χ3n) is 3.87. The molecule has 0 amide bonds. The van der Waals surface area contributed by atoms with E-state index in [0.29, 0.717) is 0 Å². The molecule has 3 aromatic rings. The van der Waals surface area contributed by atoms with Crippen LogP contribution in [0.4, 0.5) is 20.2 Å². The molecule has 0 saturated carbocycles. The average molecular weight is 374 g/mol. The normalized spacial score (nSPS) is 12.6. The largest absolute Gasteiger partial charge is 0.456 e. The van der Waals surface area contributed by atoms with Gasteiger partial charge in [0, 0.05) is 23.2 Å². The molecule has 0 bridgehead atoms. The predicted octanol–water partition coefficient (Wildman–Crippen LogP) is 5.65. The van der Waals surface area contributed by atoms with Gasteiger partial charge >= 0.3 is 0 Å². The monoisotopic (exact) mass is 374 g/mol. The predicted molar refractivity (Wildman–Crippen MR) is 107 cm³/mol. The van der Waals surface area contributed by atoms with Crippen LogP contribution in [-0.2, 0) is 0 Å². The third-order valence-corrected chi connectivity index (χ3v) is 3.87. The van der Waals surface area contributed by atoms with Gasteiger partial charge in [0.05, 0.1) is 22.1 Å². The second-order valence-corrected chi connectivity index (χ2v) is 8.84. The zero-order chi connectivity index (χ0) is 20.1. The molecule has 0 unspecified atom stereocenters.